The first-order valence-electron chi connectivity index (χ1n) is 13.5. The van der Waals surface area contributed by atoms with E-state index in [9.17, 15) is 24.3 Å². The molecule has 1 fully saturated rings. The van der Waals surface area contributed by atoms with Crippen molar-refractivity contribution in [2.45, 2.75) is 58.8 Å². The van der Waals surface area contributed by atoms with Gasteiger partial charge in [0.05, 0.1) is 10.6 Å². The molecule has 0 saturated carbocycles. The Bertz CT molecular complexity index is 1420. The first-order valence-corrected chi connectivity index (χ1v) is 13.9. The van der Waals surface area contributed by atoms with Gasteiger partial charge in [0.1, 0.15) is 18.2 Å². The van der Waals surface area contributed by atoms with Gasteiger partial charge in [-0.25, -0.2) is 4.79 Å². The molecule has 4 rings (SSSR count). The number of carboxylic acids is 1. The van der Waals surface area contributed by atoms with Crippen LogP contribution in [0.15, 0.2) is 72.8 Å². The number of halogens is 1. The van der Waals surface area contributed by atoms with E-state index in [1.54, 1.807) is 59.2 Å². The normalized spacial score (nSPS) is 17.6. The molecule has 0 aromatic heterocycles. The van der Waals surface area contributed by atoms with E-state index in [-0.39, 0.29) is 34.7 Å². The summed E-state index contributed by atoms with van der Waals surface area (Å²) in [4.78, 5) is 54.9. The number of amides is 3. The third-order valence-electron chi connectivity index (χ3n) is 7.23. The number of carbonyl (C=O) groups is 4. The molecule has 214 valence electrons. The zero-order valence-corrected chi connectivity index (χ0v) is 24.3. The minimum absolute atomic E-state index is 0.0243. The first-order chi connectivity index (χ1) is 19.5. The molecule has 3 aromatic rings. The van der Waals surface area contributed by atoms with Gasteiger partial charge in [0.25, 0.3) is 11.8 Å². The van der Waals surface area contributed by atoms with Gasteiger partial charge in [-0.2, -0.15) is 0 Å². The van der Waals surface area contributed by atoms with Crippen molar-refractivity contribution in [3.05, 3.63) is 100 Å². The summed E-state index contributed by atoms with van der Waals surface area (Å²) in [7, 11) is 0. The Kier molecular flexibility index (Phi) is 9.13. The standard InChI is InChI=1S/C32H34ClN3O5/c1-19(2)17-27-31(39)36(30(35(27)21(4)37)23-10-6-5-7-11-23)24-15-13-22(14-16-24)18-26(32(40)41)34-29(38)28-20(3)9-8-12-25(28)33/h5-16,19,26-27,30H,17-18H2,1-4H3,(H,34,38)(H,40,41)/t26-,27+,30-/m0/s1. The molecule has 1 heterocycles. The highest BCUT2D eigenvalue weighted by molar-refractivity contribution is 6.34. The second-order valence-corrected chi connectivity index (χ2v) is 11.1. The number of hydrogen-bond acceptors (Lipinski definition) is 4. The molecule has 1 aliphatic rings. The number of aliphatic carboxylic acids is 1. The fraction of sp³-hybridized carbons (Fsp3) is 0.312. The van der Waals surface area contributed by atoms with Crippen LogP contribution in [0.3, 0.4) is 0 Å². The Morgan fingerprint density at radius 2 is 1.63 bits per heavy atom. The summed E-state index contributed by atoms with van der Waals surface area (Å²) < 4.78 is 0. The lowest BCUT2D eigenvalue weighted by molar-refractivity contribution is -0.139. The van der Waals surface area contributed by atoms with E-state index < -0.39 is 30.1 Å². The van der Waals surface area contributed by atoms with Crippen LogP contribution in [-0.2, 0) is 20.8 Å². The number of carboxylic acid groups (broad SMARTS) is 1. The molecule has 3 aromatic carbocycles. The smallest absolute Gasteiger partial charge is 0.326 e. The van der Waals surface area contributed by atoms with Crippen molar-refractivity contribution in [2.24, 2.45) is 5.92 Å². The summed E-state index contributed by atoms with van der Waals surface area (Å²) in [6.07, 6.45) is -0.0572. The van der Waals surface area contributed by atoms with Gasteiger partial charge in [0, 0.05) is 19.0 Å². The van der Waals surface area contributed by atoms with Gasteiger partial charge in [-0.1, -0.05) is 80.0 Å². The average Bonchev–Trinajstić information content (AvgIpc) is 3.20. The lowest BCUT2D eigenvalue weighted by Crippen LogP contribution is -2.42. The van der Waals surface area contributed by atoms with E-state index in [0.717, 1.165) is 5.56 Å². The van der Waals surface area contributed by atoms with Crippen molar-refractivity contribution in [3.8, 4) is 0 Å². The molecule has 9 heteroatoms. The third kappa shape index (κ3) is 6.43. The van der Waals surface area contributed by atoms with E-state index in [1.165, 1.54) is 6.92 Å². The van der Waals surface area contributed by atoms with Crippen molar-refractivity contribution < 1.29 is 24.3 Å². The van der Waals surface area contributed by atoms with Gasteiger partial charge >= 0.3 is 5.97 Å². The van der Waals surface area contributed by atoms with Crippen LogP contribution in [0.4, 0.5) is 5.69 Å². The second kappa shape index (κ2) is 12.6. The summed E-state index contributed by atoms with van der Waals surface area (Å²) in [5.74, 6) is -1.90. The van der Waals surface area contributed by atoms with Crippen LogP contribution < -0.4 is 10.2 Å². The minimum Gasteiger partial charge on any atom is -0.480 e. The number of nitrogens with one attached hydrogen (secondary N) is 1. The van der Waals surface area contributed by atoms with Crippen LogP contribution in [-0.4, -0.2) is 45.8 Å². The number of anilines is 1. The predicted octanol–water partition coefficient (Wildman–Crippen LogP) is 5.38. The summed E-state index contributed by atoms with van der Waals surface area (Å²) in [6, 6.07) is 19.6. The fourth-order valence-electron chi connectivity index (χ4n) is 5.33. The van der Waals surface area contributed by atoms with Gasteiger partial charge in [-0.15, -0.1) is 0 Å². The highest BCUT2D eigenvalue weighted by Gasteiger charge is 2.48. The molecule has 0 spiro atoms. The van der Waals surface area contributed by atoms with E-state index in [2.05, 4.69) is 5.32 Å². The van der Waals surface area contributed by atoms with Crippen LogP contribution in [0.25, 0.3) is 0 Å². The summed E-state index contributed by atoms with van der Waals surface area (Å²) >= 11 is 6.20. The second-order valence-electron chi connectivity index (χ2n) is 10.7. The van der Waals surface area contributed by atoms with Crippen LogP contribution in [0, 0.1) is 12.8 Å². The van der Waals surface area contributed by atoms with Crippen LogP contribution in [0.1, 0.15) is 60.4 Å². The predicted molar refractivity (Wildman–Crippen MR) is 158 cm³/mol. The maximum atomic E-state index is 13.8. The number of hydrogen-bond donors (Lipinski definition) is 2. The van der Waals surface area contributed by atoms with E-state index >= 15 is 0 Å². The zero-order valence-electron chi connectivity index (χ0n) is 23.5. The number of benzene rings is 3. The number of nitrogens with zero attached hydrogens (tertiary/aromatic N) is 2. The fourth-order valence-corrected chi connectivity index (χ4v) is 5.64. The summed E-state index contributed by atoms with van der Waals surface area (Å²) in [5.41, 5.74) is 2.94. The van der Waals surface area contributed by atoms with Crippen molar-refractivity contribution >= 4 is 41.0 Å². The first kappa shape index (κ1) is 29.8. The van der Waals surface area contributed by atoms with Crippen molar-refractivity contribution in [2.75, 3.05) is 4.90 Å². The lowest BCUT2D eigenvalue weighted by Gasteiger charge is -2.31. The molecular formula is C32H34ClN3O5. The molecule has 8 nitrogen and oxygen atoms in total. The number of aryl methyl sites for hydroxylation is 1. The highest BCUT2D eigenvalue weighted by Crippen LogP contribution is 2.40. The average molecular weight is 576 g/mol. The van der Waals surface area contributed by atoms with Crippen molar-refractivity contribution in [1.82, 2.24) is 10.2 Å². The van der Waals surface area contributed by atoms with Gasteiger partial charge < -0.3 is 15.3 Å². The van der Waals surface area contributed by atoms with Gasteiger partial charge in [-0.3, -0.25) is 19.3 Å². The largest absolute Gasteiger partial charge is 0.480 e. The Morgan fingerprint density at radius 3 is 2.20 bits per heavy atom. The van der Waals surface area contributed by atoms with Crippen LogP contribution in [0.2, 0.25) is 5.02 Å². The maximum absolute atomic E-state index is 13.8. The Hall–Kier alpha value is -4.17. The Balaban J connectivity index is 1.61. The number of carbonyl (C=O) groups excluding carboxylic acids is 3. The summed E-state index contributed by atoms with van der Waals surface area (Å²) in [6.45, 7) is 7.25. The van der Waals surface area contributed by atoms with Crippen molar-refractivity contribution in [1.29, 1.82) is 0 Å². The molecule has 3 amide bonds. The monoisotopic (exact) mass is 575 g/mol. The van der Waals surface area contributed by atoms with Crippen LogP contribution in [0.5, 0.6) is 0 Å². The van der Waals surface area contributed by atoms with Crippen molar-refractivity contribution in [3.63, 3.8) is 0 Å². The third-order valence-corrected chi connectivity index (χ3v) is 7.54. The molecule has 0 bridgehead atoms. The topological polar surface area (TPSA) is 107 Å². The quantitative estimate of drug-likeness (QED) is 0.356. The molecule has 3 atom stereocenters. The molecule has 1 aliphatic heterocycles. The van der Waals surface area contributed by atoms with E-state index in [1.807, 2.05) is 44.2 Å². The number of rotatable bonds is 9. The summed E-state index contributed by atoms with van der Waals surface area (Å²) in [5, 5.41) is 12.7. The van der Waals surface area contributed by atoms with Crippen LogP contribution >= 0.6 is 11.6 Å². The molecule has 1 saturated heterocycles. The minimum atomic E-state index is -1.20. The van der Waals surface area contributed by atoms with Gasteiger partial charge in [-0.05, 0) is 54.2 Å². The molecule has 0 radical (unpaired) electrons. The molecule has 0 aliphatic carbocycles. The maximum Gasteiger partial charge on any atom is 0.326 e. The molecule has 2 N–H and O–H groups in total. The Labute approximate surface area is 244 Å². The van der Waals surface area contributed by atoms with E-state index in [4.69, 9.17) is 11.6 Å². The molecule has 0 unspecified atom stereocenters. The SMILES string of the molecule is CC(=O)N1[C@H](CC(C)C)C(=O)N(c2ccc(C[C@H](NC(=O)c3c(C)cccc3Cl)C(=O)O)cc2)[C@H]1c1ccccc1. The van der Waals surface area contributed by atoms with E-state index in [0.29, 0.717) is 23.2 Å². The molecular weight excluding hydrogens is 542 g/mol. The lowest BCUT2D eigenvalue weighted by atomic mass is 10.0. The van der Waals surface area contributed by atoms with Gasteiger partial charge in [0.15, 0.2) is 0 Å². The highest BCUT2D eigenvalue weighted by atomic mass is 35.5. The zero-order chi connectivity index (χ0) is 29.8. The Morgan fingerprint density at radius 1 is 0.976 bits per heavy atom. The van der Waals surface area contributed by atoms with Gasteiger partial charge in [0.2, 0.25) is 5.91 Å². The molecule has 41 heavy (non-hydrogen) atoms.